The van der Waals surface area contributed by atoms with Crippen molar-refractivity contribution < 1.29 is 0 Å². The van der Waals surface area contributed by atoms with Gasteiger partial charge in [-0.1, -0.05) is 33.6 Å². The number of hydrogen-bond acceptors (Lipinski definition) is 2. The largest absolute Gasteiger partial charge is 0.318 e. The van der Waals surface area contributed by atoms with E-state index in [1.54, 1.807) is 0 Å². The second-order valence-corrected chi connectivity index (χ2v) is 3.80. The maximum atomic E-state index is 5.65. The molecule has 13 heavy (non-hydrogen) atoms. The highest BCUT2D eigenvalue weighted by atomic mass is 15.2. The summed E-state index contributed by atoms with van der Waals surface area (Å²) in [5.74, 6) is 0.860. The fraction of sp³-hybridized carbons (Fsp3) is 1.00. The molecule has 2 N–H and O–H groups in total. The van der Waals surface area contributed by atoms with E-state index in [1.807, 2.05) is 0 Å². The van der Waals surface area contributed by atoms with Gasteiger partial charge in [0.25, 0.3) is 0 Å². The van der Waals surface area contributed by atoms with Gasteiger partial charge in [0, 0.05) is 13.2 Å². The monoisotopic (exact) mass is 186 g/mol. The Balaban J connectivity index is 3.76. The molecule has 0 atom stereocenters. The molecule has 0 heterocycles. The molecule has 0 unspecified atom stereocenters. The van der Waals surface area contributed by atoms with Crippen molar-refractivity contribution >= 4 is 0 Å². The Labute approximate surface area is 83.5 Å². The molecular weight excluding hydrogens is 160 g/mol. The molecule has 0 bridgehead atoms. The molecular formula is C11H26N2. The van der Waals surface area contributed by atoms with E-state index in [9.17, 15) is 0 Å². The van der Waals surface area contributed by atoms with Gasteiger partial charge in [-0.05, 0) is 25.3 Å². The molecule has 0 aliphatic carbocycles. The van der Waals surface area contributed by atoms with Crippen molar-refractivity contribution in [1.29, 1.82) is 0 Å². The lowest BCUT2D eigenvalue weighted by molar-refractivity contribution is 0.230. The Morgan fingerprint density at radius 3 is 1.92 bits per heavy atom. The molecule has 0 aromatic heterocycles. The molecule has 80 valence electrons. The minimum absolute atomic E-state index is 0.709. The highest BCUT2D eigenvalue weighted by molar-refractivity contribution is 4.63. The fourth-order valence-corrected chi connectivity index (χ4v) is 1.84. The first-order valence-corrected chi connectivity index (χ1v) is 5.70. The zero-order chi connectivity index (χ0) is 10.1. The Morgan fingerprint density at radius 1 is 1.08 bits per heavy atom. The van der Waals surface area contributed by atoms with E-state index >= 15 is 0 Å². The highest BCUT2D eigenvalue weighted by Crippen LogP contribution is 2.14. The third kappa shape index (κ3) is 6.05. The number of hydrogen-bond donors (Lipinski definition) is 1. The summed E-state index contributed by atoms with van der Waals surface area (Å²) < 4.78 is 0. The van der Waals surface area contributed by atoms with Crippen molar-refractivity contribution in [3.8, 4) is 0 Å². The van der Waals surface area contributed by atoms with Gasteiger partial charge in [-0.2, -0.15) is 0 Å². The van der Waals surface area contributed by atoms with Gasteiger partial charge >= 0.3 is 0 Å². The molecule has 0 saturated carbocycles. The van der Waals surface area contributed by atoms with Gasteiger partial charge in [0.2, 0.25) is 0 Å². The standard InChI is InChI=1S/C11H26N2/c1-4-7-11(8-5-2)9-13(6-3)10-12/h11H,4-10,12H2,1-3H3. The summed E-state index contributed by atoms with van der Waals surface area (Å²) in [6.07, 6.45) is 5.30. The predicted molar refractivity (Wildman–Crippen MR) is 59.6 cm³/mol. The second-order valence-electron chi connectivity index (χ2n) is 3.80. The lowest BCUT2D eigenvalue weighted by atomic mass is 9.98. The van der Waals surface area contributed by atoms with Crippen LogP contribution >= 0.6 is 0 Å². The molecule has 0 fully saturated rings. The van der Waals surface area contributed by atoms with Crippen LogP contribution in [0.1, 0.15) is 46.5 Å². The van der Waals surface area contributed by atoms with Crippen molar-refractivity contribution in [2.45, 2.75) is 46.5 Å². The maximum Gasteiger partial charge on any atom is 0.0455 e. The summed E-state index contributed by atoms with van der Waals surface area (Å²) in [5.41, 5.74) is 5.65. The Hall–Kier alpha value is -0.0800. The van der Waals surface area contributed by atoms with Crippen LogP contribution in [0.3, 0.4) is 0 Å². The summed E-state index contributed by atoms with van der Waals surface area (Å²) in [4.78, 5) is 2.33. The lowest BCUT2D eigenvalue weighted by Crippen LogP contribution is -2.34. The van der Waals surface area contributed by atoms with E-state index in [1.165, 1.54) is 32.2 Å². The summed E-state index contributed by atoms with van der Waals surface area (Å²) in [6.45, 7) is 9.69. The Bertz CT molecular complexity index is 94.3. The quantitative estimate of drug-likeness (QED) is 0.590. The summed E-state index contributed by atoms with van der Waals surface area (Å²) >= 11 is 0. The normalized spacial score (nSPS) is 11.5. The van der Waals surface area contributed by atoms with Crippen LogP contribution in [0.25, 0.3) is 0 Å². The van der Waals surface area contributed by atoms with Crippen LogP contribution in [0.5, 0.6) is 0 Å². The van der Waals surface area contributed by atoms with Crippen LogP contribution in [0.4, 0.5) is 0 Å². The van der Waals surface area contributed by atoms with Gasteiger partial charge in [-0.15, -0.1) is 0 Å². The smallest absolute Gasteiger partial charge is 0.0455 e. The van der Waals surface area contributed by atoms with Crippen molar-refractivity contribution in [1.82, 2.24) is 4.90 Å². The third-order valence-electron chi connectivity index (χ3n) is 2.62. The van der Waals surface area contributed by atoms with E-state index in [4.69, 9.17) is 5.73 Å². The van der Waals surface area contributed by atoms with Gasteiger partial charge in [0.15, 0.2) is 0 Å². The highest BCUT2D eigenvalue weighted by Gasteiger charge is 2.10. The molecule has 0 aromatic carbocycles. The molecule has 0 aromatic rings. The summed E-state index contributed by atoms with van der Waals surface area (Å²) in [5, 5.41) is 0. The van der Waals surface area contributed by atoms with E-state index in [0.717, 1.165) is 12.5 Å². The van der Waals surface area contributed by atoms with Crippen molar-refractivity contribution in [3.63, 3.8) is 0 Å². The zero-order valence-corrected chi connectivity index (χ0v) is 9.55. The second kappa shape index (κ2) is 8.52. The van der Waals surface area contributed by atoms with Gasteiger partial charge in [-0.25, -0.2) is 0 Å². The van der Waals surface area contributed by atoms with E-state index in [0.29, 0.717) is 6.67 Å². The van der Waals surface area contributed by atoms with Crippen LogP contribution in [-0.2, 0) is 0 Å². The Kier molecular flexibility index (Phi) is 8.46. The van der Waals surface area contributed by atoms with Crippen molar-refractivity contribution in [2.24, 2.45) is 11.7 Å². The topological polar surface area (TPSA) is 29.3 Å². The van der Waals surface area contributed by atoms with Crippen LogP contribution in [-0.4, -0.2) is 24.7 Å². The van der Waals surface area contributed by atoms with E-state index in [2.05, 4.69) is 25.7 Å². The minimum Gasteiger partial charge on any atom is -0.318 e. The molecule has 0 amide bonds. The average molecular weight is 186 g/mol. The number of nitrogens with zero attached hydrogens (tertiary/aromatic N) is 1. The van der Waals surface area contributed by atoms with Crippen molar-refractivity contribution in [3.05, 3.63) is 0 Å². The first-order valence-electron chi connectivity index (χ1n) is 5.70. The number of nitrogens with two attached hydrogens (primary N) is 1. The van der Waals surface area contributed by atoms with Crippen LogP contribution in [0, 0.1) is 5.92 Å². The molecule has 2 nitrogen and oxygen atoms in total. The summed E-state index contributed by atoms with van der Waals surface area (Å²) in [6, 6.07) is 0. The van der Waals surface area contributed by atoms with E-state index in [-0.39, 0.29) is 0 Å². The molecule has 0 rings (SSSR count). The molecule has 0 radical (unpaired) electrons. The predicted octanol–water partition coefficient (Wildman–Crippen LogP) is 2.44. The molecule has 0 saturated heterocycles. The lowest BCUT2D eigenvalue weighted by Gasteiger charge is -2.24. The van der Waals surface area contributed by atoms with Gasteiger partial charge in [-0.3, -0.25) is 4.90 Å². The molecule has 2 heteroatoms. The summed E-state index contributed by atoms with van der Waals surface area (Å²) in [7, 11) is 0. The van der Waals surface area contributed by atoms with Crippen LogP contribution < -0.4 is 5.73 Å². The average Bonchev–Trinajstić information content (AvgIpc) is 2.14. The third-order valence-corrected chi connectivity index (χ3v) is 2.62. The van der Waals surface area contributed by atoms with Gasteiger partial charge in [0.05, 0.1) is 0 Å². The fourth-order valence-electron chi connectivity index (χ4n) is 1.84. The maximum absolute atomic E-state index is 5.65. The van der Waals surface area contributed by atoms with Gasteiger partial charge in [0.1, 0.15) is 0 Å². The van der Waals surface area contributed by atoms with Crippen LogP contribution in [0.15, 0.2) is 0 Å². The molecule has 0 aliphatic heterocycles. The molecule has 0 spiro atoms. The zero-order valence-electron chi connectivity index (χ0n) is 9.55. The first kappa shape index (κ1) is 12.9. The van der Waals surface area contributed by atoms with E-state index < -0.39 is 0 Å². The number of rotatable bonds is 8. The van der Waals surface area contributed by atoms with Gasteiger partial charge < -0.3 is 5.73 Å². The molecule has 0 aliphatic rings. The Morgan fingerprint density at radius 2 is 1.62 bits per heavy atom. The van der Waals surface area contributed by atoms with Crippen LogP contribution in [0.2, 0.25) is 0 Å². The SMILES string of the molecule is CCCC(CCC)CN(CC)CN. The first-order chi connectivity index (χ1) is 6.28. The van der Waals surface area contributed by atoms with Crippen molar-refractivity contribution in [2.75, 3.05) is 19.8 Å². The minimum atomic E-state index is 0.709.